The number of nitrogens with one attached hydrogen (secondary N) is 2. The predicted octanol–water partition coefficient (Wildman–Crippen LogP) is 2.43. The first kappa shape index (κ1) is 19.6. The Bertz CT molecular complexity index is 974. The summed E-state index contributed by atoms with van der Waals surface area (Å²) in [7, 11) is -3.67. The van der Waals surface area contributed by atoms with Crippen LogP contribution in [0.3, 0.4) is 0 Å². The van der Waals surface area contributed by atoms with Crippen LogP contribution >= 0.6 is 0 Å². The van der Waals surface area contributed by atoms with Crippen molar-refractivity contribution < 1.29 is 17.8 Å². The van der Waals surface area contributed by atoms with Gasteiger partial charge in [0.15, 0.2) is 0 Å². The molecule has 1 heterocycles. The number of aromatic nitrogens is 1. The topological polar surface area (TPSA) is 125 Å². The fourth-order valence-electron chi connectivity index (χ4n) is 2.41. The van der Waals surface area contributed by atoms with Crippen LogP contribution in [0.2, 0.25) is 0 Å². The molecular formula is C18H21N3O4S. The van der Waals surface area contributed by atoms with Crippen LogP contribution in [0.25, 0.3) is 10.9 Å². The van der Waals surface area contributed by atoms with E-state index in [-0.39, 0.29) is 5.91 Å². The number of aromatic amines is 1. The predicted molar refractivity (Wildman–Crippen MR) is 103 cm³/mol. The number of carbonyl (C=O) groups excluding carboxylic acids is 1. The van der Waals surface area contributed by atoms with Crippen LogP contribution in [-0.4, -0.2) is 36.7 Å². The zero-order valence-electron chi connectivity index (χ0n) is 14.3. The van der Waals surface area contributed by atoms with E-state index in [0.717, 1.165) is 23.0 Å². The van der Waals surface area contributed by atoms with Gasteiger partial charge in [0.25, 0.3) is 16.0 Å². The maximum absolute atomic E-state index is 12.2. The summed E-state index contributed by atoms with van der Waals surface area (Å²) in [5.74, 6) is -0.106. The number of hydrogen-bond acceptors (Lipinski definition) is 4. The van der Waals surface area contributed by atoms with Gasteiger partial charge in [-0.15, -0.1) is 0 Å². The van der Waals surface area contributed by atoms with E-state index < -0.39 is 10.1 Å². The summed E-state index contributed by atoms with van der Waals surface area (Å²) >= 11 is 0. The lowest BCUT2D eigenvalue weighted by atomic mass is 10.1. The van der Waals surface area contributed by atoms with E-state index in [1.807, 2.05) is 42.6 Å². The van der Waals surface area contributed by atoms with Crippen molar-refractivity contribution in [2.75, 3.05) is 18.1 Å². The Morgan fingerprint density at radius 1 is 1.19 bits per heavy atom. The molecule has 0 fully saturated rings. The van der Waals surface area contributed by atoms with Crippen molar-refractivity contribution in [1.29, 1.82) is 0 Å². The van der Waals surface area contributed by atoms with Gasteiger partial charge in [-0.1, -0.05) is 18.2 Å². The molecule has 0 radical (unpaired) electrons. The van der Waals surface area contributed by atoms with Crippen molar-refractivity contribution in [2.45, 2.75) is 6.42 Å². The third kappa shape index (κ3) is 5.99. The third-order valence-corrected chi connectivity index (χ3v) is 3.47. The Labute approximate surface area is 152 Å². The number of hydrogen-bond donors (Lipinski definition) is 4. The van der Waals surface area contributed by atoms with Gasteiger partial charge in [0.1, 0.15) is 0 Å². The van der Waals surface area contributed by atoms with Crippen LogP contribution in [0.5, 0.6) is 0 Å². The number of nitrogens with two attached hydrogens (primary N) is 1. The number of carbonyl (C=O) groups is 1. The number of rotatable bonds is 4. The van der Waals surface area contributed by atoms with E-state index in [0.29, 0.717) is 18.4 Å². The molecule has 0 saturated carbocycles. The summed E-state index contributed by atoms with van der Waals surface area (Å²) in [6, 6.07) is 15.0. The van der Waals surface area contributed by atoms with Gasteiger partial charge in [0.2, 0.25) is 0 Å². The largest absolute Gasteiger partial charge is 0.361 e. The molecule has 7 nitrogen and oxygen atoms in total. The Hall–Kier alpha value is -2.68. The molecule has 3 aromatic rings. The van der Waals surface area contributed by atoms with Crippen LogP contribution < -0.4 is 11.1 Å². The molecule has 0 aliphatic rings. The average molecular weight is 375 g/mol. The lowest BCUT2D eigenvalue weighted by Gasteiger charge is -2.06. The van der Waals surface area contributed by atoms with Gasteiger partial charge in [0.05, 0.1) is 6.26 Å². The van der Waals surface area contributed by atoms with Crippen molar-refractivity contribution in [3.63, 3.8) is 0 Å². The monoisotopic (exact) mass is 375 g/mol. The standard InChI is InChI=1S/C17H17N3O.CH4O3S/c18-9-8-13-11-19-16-7-6-14(10-15(13)16)20-17(21)12-4-2-1-3-5-12;1-5(2,3)4/h1-7,10-11,19H,8-9,18H2,(H,20,21);1H3,(H,2,3,4). The zero-order chi connectivity index (χ0) is 19.2. The van der Waals surface area contributed by atoms with Crippen molar-refractivity contribution in [3.8, 4) is 0 Å². The van der Waals surface area contributed by atoms with Gasteiger partial charge in [-0.2, -0.15) is 8.42 Å². The Kier molecular flexibility index (Phi) is 6.51. The van der Waals surface area contributed by atoms with Crippen LogP contribution in [0, 0.1) is 0 Å². The zero-order valence-corrected chi connectivity index (χ0v) is 15.1. The summed E-state index contributed by atoms with van der Waals surface area (Å²) < 4.78 is 25.9. The first-order chi connectivity index (χ1) is 12.3. The first-order valence-electron chi connectivity index (χ1n) is 7.87. The molecule has 5 N–H and O–H groups in total. The van der Waals surface area contributed by atoms with E-state index in [9.17, 15) is 13.2 Å². The van der Waals surface area contributed by atoms with E-state index in [1.54, 1.807) is 12.1 Å². The fourth-order valence-corrected chi connectivity index (χ4v) is 2.41. The summed E-state index contributed by atoms with van der Waals surface area (Å²) in [5.41, 5.74) is 9.28. The molecule has 0 unspecified atom stereocenters. The molecule has 3 rings (SSSR count). The second kappa shape index (κ2) is 8.61. The number of fused-ring (bicyclic) bond motifs is 1. The molecular weight excluding hydrogens is 354 g/mol. The number of anilines is 1. The third-order valence-electron chi connectivity index (χ3n) is 3.47. The first-order valence-corrected chi connectivity index (χ1v) is 9.71. The van der Waals surface area contributed by atoms with Gasteiger partial charge in [-0.05, 0) is 48.9 Å². The molecule has 1 amide bonds. The maximum atomic E-state index is 12.2. The molecule has 0 aliphatic carbocycles. The van der Waals surface area contributed by atoms with Gasteiger partial charge in [-0.25, -0.2) is 0 Å². The highest BCUT2D eigenvalue weighted by atomic mass is 32.2. The fraction of sp³-hybridized carbons (Fsp3) is 0.167. The molecule has 0 aliphatic heterocycles. The van der Waals surface area contributed by atoms with Crippen LogP contribution in [0.1, 0.15) is 15.9 Å². The van der Waals surface area contributed by atoms with Crippen LogP contribution in [0.4, 0.5) is 5.69 Å². The van der Waals surface area contributed by atoms with Gasteiger partial charge >= 0.3 is 0 Å². The van der Waals surface area contributed by atoms with Gasteiger partial charge < -0.3 is 16.0 Å². The van der Waals surface area contributed by atoms with E-state index in [4.69, 9.17) is 10.3 Å². The summed E-state index contributed by atoms with van der Waals surface area (Å²) in [4.78, 5) is 15.4. The molecule has 0 bridgehead atoms. The van der Waals surface area contributed by atoms with Gasteiger partial charge in [-0.3, -0.25) is 9.35 Å². The molecule has 8 heteroatoms. The van der Waals surface area contributed by atoms with Crippen molar-refractivity contribution in [2.24, 2.45) is 5.73 Å². The molecule has 2 aromatic carbocycles. The quantitative estimate of drug-likeness (QED) is 0.521. The Morgan fingerprint density at radius 2 is 1.85 bits per heavy atom. The van der Waals surface area contributed by atoms with E-state index >= 15 is 0 Å². The summed E-state index contributed by atoms with van der Waals surface area (Å²) in [6.07, 6.45) is 3.50. The maximum Gasteiger partial charge on any atom is 0.261 e. The van der Waals surface area contributed by atoms with Crippen LogP contribution in [0.15, 0.2) is 54.7 Å². The molecule has 138 valence electrons. The molecule has 0 spiro atoms. The Balaban J connectivity index is 0.000000431. The minimum atomic E-state index is -3.67. The minimum Gasteiger partial charge on any atom is -0.361 e. The highest BCUT2D eigenvalue weighted by Gasteiger charge is 2.08. The SMILES string of the molecule is CS(=O)(=O)O.NCCc1c[nH]c2ccc(NC(=O)c3ccccc3)cc12. The smallest absolute Gasteiger partial charge is 0.261 e. The normalized spacial score (nSPS) is 10.9. The minimum absolute atomic E-state index is 0.106. The van der Waals surface area contributed by atoms with Crippen molar-refractivity contribution in [1.82, 2.24) is 4.98 Å². The highest BCUT2D eigenvalue weighted by Crippen LogP contribution is 2.23. The molecule has 0 saturated heterocycles. The average Bonchev–Trinajstić information content (AvgIpc) is 2.97. The number of amides is 1. The van der Waals surface area contributed by atoms with Crippen LogP contribution in [-0.2, 0) is 16.5 Å². The summed E-state index contributed by atoms with van der Waals surface area (Å²) in [5, 5.41) is 4.03. The second-order valence-electron chi connectivity index (χ2n) is 5.67. The second-order valence-corrected chi connectivity index (χ2v) is 7.13. The summed E-state index contributed by atoms with van der Waals surface area (Å²) in [6.45, 7) is 0.605. The van der Waals surface area contributed by atoms with Crippen molar-refractivity contribution in [3.05, 3.63) is 65.9 Å². The van der Waals surface area contributed by atoms with Gasteiger partial charge in [0, 0.05) is 28.4 Å². The lowest BCUT2D eigenvalue weighted by molar-refractivity contribution is 0.102. The van der Waals surface area contributed by atoms with E-state index in [1.165, 1.54) is 5.56 Å². The number of benzene rings is 2. The molecule has 0 atom stereocenters. The van der Waals surface area contributed by atoms with E-state index in [2.05, 4.69) is 10.3 Å². The van der Waals surface area contributed by atoms with Crippen molar-refractivity contribution >= 4 is 32.6 Å². The highest BCUT2D eigenvalue weighted by molar-refractivity contribution is 7.85. The Morgan fingerprint density at radius 3 is 2.46 bits per heavy atom. The molecule has 1 aromatic heterocycles. The molecule has 26 heavy (non-hydrogen) atoms. The number of H-pyrrole nitrogens is 1. The lowest BCUT2D eigenvalue weighted by Crippen LogP contribution is -2.11.